The molecule has 86 valence electrons. The Morgan fingerprint density at radius 2 is 2.20 bits per heavy atom. The molecule has 0 aromatic carbocycles. The lowest BCUT2D eigenvalue weighted by Crippen LogP contribution is -2.34. The smallest absolute Gasteiger partial charge is 0.148 e. The summed E-state index contributed by atoms with van der Waals surface area (Å²) in [6, 6.07) is 1.87. The third-order valence-corrected chi connectivity index (χ3v) is 3.18. The number of hydrogen-bond acceptors (Lipinski definition) is 4. The summed E-state index contributed by atoms with van der Waals surface area (Å²) in [6.45, 7) is 3.82. The van der Waals surface area contributed by atoms with Crippen LogP contribution in [0.3, 0.4) is 0 Å². The van der Waals surface area contributed by atoms with Gasteiger partial charge in [0.05, 0.1) is 11.4 Å². The molecule has 2 unspecified atom stereocenters. The number of hydrogen-bond donors (Lipinski definition) is 2. The van der Waals surface area contributed by atoms with Gasteiger partial charge in [0.25, 0.3) is 0 Å². The van der Waals surface area contributed by atoms with Crippen molar-refractivity contribution in [2.45, 2.75) is 25.9 Å². The van der Waals surface area contributed by atoms with E-state index in [1.54, 1.807) is 6.20 Å². The molecule has 0 spiro atoms. The molecule has 6 heteroatoms. The Morgan fingerprint density at radius 1 is 1.53 bits per heavy atom. The van der Waals surface area contributed by atoms with Gasteiger partial charge < -0.3 is 5.32 Å². The van der Waals surface area contributed by atoms with Gasteiger partial charge in [-0.3, -0.25) is 5.10 Å². The molecule has 2 N–H and O–H groups in total. The molecular weight excluding hydrogens is 214 g/mol. The molecule has 0 saturated carbocycles. The Kier molecular flexibility index (Phi) is 3.87. The van der Waals surface area contributed by atoms with Crippen LogP contribution in [0.1, 0.15) is 25.6 Å². The monoisotopic (exact) mass is 231 g/mol. The van der Waals surface area contributed by atoms with E-state index in [0.717, 1.165) is 5.69 Å². The minimum Gasteiger partial charge on any atom is -0.305 e. The second kappa shape index (κ2) is 4.76. The van der Waals surface area contributed by atoms with E-state index in [1.807, 2.05) is 19.9 Å². The maximum atomic E-state index is 11.0. The zero-order chi connectivity index (χ0) is 11.5. The van der Waals surface area contributed by atoms with E-state index < -0.39 is 9.84 Å². The molecule has 0 fully saturated rings. The summed E-state index contributed by atoms with van der Waals surface area (Å²) in [5.41, 5.74) is 0.954. The molecule has 1 aromatic rings. The van der Waals surface area contributed by atoms with Crippen LogP contribution < -0.4 is 5.32 Å². The van der Waals surface area contributed by atoms with E-state index in [9.17, 15) is 8.42 Å². The normalized spacial score (nSPS) is 16.2. The van der Waals surface area contributed by atoms with Crippen molar-refractivity contribution < 1.29 is 8.42 Å². The Labute approximate surface area is 90.2 Å². The van der Waals surface area contributed by atoms with Gasteiger partial charge in [-0.1, -0.05) is 0 Å². The lowest BCUT2D eigenvalue weighted by molar-refractivity contribution is 0.492. The van der Waals surface area contributed by atoms with E-state index in [-0.39, 0.29) is 17.8 Å². The second-order valence-corrected chi connectivity index (χ2v) is 6.08. The van der Waals surface area contributed by atoms with Crippen molar-refractivity contribution in [3.63, 3.8) is 0 Å². The van der Waals surface area contributed by atoms with E-state index in [1.165, 1.54) is 6.26 Å². The molecule has 1 rings (SSSR count). The molecule has 0 bridgehead atoms. The van der Waals surface area contributed by atoms with Crippen molar-refractivity contribution in [1.82, 2.24) is 15.5 Å². The number of sulfone groups is 1. The van der Waals surface area contributed by atoms with Crippen LogP contribution in [0.25, 0.3) is 0 Å². The third-order valence-electron chi connectivity index (χ3n) is 2.08. The zero-order valence-corrected chi connectivity index (χ0v) is 10.0. The SMILES string of the molecule is CC(CS(C)(=O)=O)NC(C)c1ccn[nH]1. The summed E-state index contributed by atoms with van der Waals surface area (Å²) in [7, 11) is -2.93. The van der Waals surface area contributed by atoms with E-state index in [4.69, 9.17) is 0 Å². The lowest BCUT2D eigenvalue weighted by Gasteiger charge is -2.17. The highest BCUT2D eigenvalue weighted by atomic mass is 32.2. The van der Waals surface area contributed by atoms with Gasteiger partial charge in [-0.25, -0.2) is 8.42 Å². The van der Waals surface area contributed by atoms with E-state index in [2.05, 4.69) is 15.5 Å². The van der Waals surface area contributed by atoms with Gasteiger partial charge in [0, 0.05) is 24.5 Å². The fraction of sp³-hybridized carbons (Fsp3) is 0.667. The third kappa shape index (κ3) is 4.44. The number of H-pyrrole nitrogens is 1. The molecule has 0 aliphatic rings. The molecular formula is C9H17N3O2S. The standard InChI is InChI=1S/C9H17N3O2S/c1-7(6-15(3,13)14)11-8(2)9-4-5-10-12-9/h4-5,7-8,11H,6H2,1-3H3,(H,10,12). The van der Waals surface area contributed by atoms with Crippen LogP contribution >= 0.6 is 0 Å². The minimum atomic E-state index is -2.93. The number of nitrogens with one attached hydrogen (secondary N) is 2. The van der Waals surface area contributed by atoms with Gasteiger partial charge >= 0.3 is 0 Å². The Hall–Kier alpha value is -0.880. The van der Waals surface area contributed by atoms with Crippen LogP contribution in [0.5, 0.6) is 0 Å². The lowest BCUT2D eigenvalue weighted by atomic mass is 10.2. The van der Waals surface area contributed by atoms with Gasteiger partial charge in [0.1, 0.15) is 9.84 Å². The molecule has 15 heavy (non-hydrogen) atoms. The van der Waals surface area contributed by atoms with Crippen molar-refractivity contribution in [1.29, 1.82) is 0 Å². The van der Waals surface area contributed by atoms with Crippen LogP contribution in [0.15, 0.2) is 12.3 Å². The summed E-state index contributed by atoms with van der Waals surface area (Å²) in [5, 5.41) is 9.87. The number of aromatic nitrogens is 2. The van der Waals surface area contributed by atoms with Crippen molar-refractivity contribution in [3.05, 3.63) is 18.0 Å². The van der Waals surface area contributed by atoms with Crippen LogP contribution in [0, 0.1) is 0 Å². The largest absolute Gasteiger partial charge is 0.305 e. The fourth-order valence-electron chi connectivity index (χ4n) is 1.53. The van der Waals surface area contributed by atoms with Crippen LogP contribution in [0.4, 0.5) is 0 Å². The molecule has 0 amide bonds. The van der Waals surface area contributed by atoms with E-state index in [0.29, 0.717) is 0 Å². The fourth-order valence-corrected chi connectivity index (χ4v) is 2.53. The van der Waals surface area contributed by atoms with Gasteiger partial charge in [0.15, 0.2) is 0 Å². The molecule has 0 aliphatic heterocycles. The van der Waals surface area contributed by atoms with Gasteiger partial charge in [-0.05, 0) is 19.9 Å². The minimum absolute atomic E-state index is 0.0710. The van der Waals surface area contributed by atoms with Gasteiger partial charge in [-0.2, -0.15) is 5.10 Å². The maximum absolute atomic E-state index is 11.0. The molecule has 0 saturated heterocycles. The first kappa shape index (κ1) is 12.2. The highest BCUT2D eigenvalue weighted by Gasteiger charge is 2.14. The highest BCUT2D eigenvalue weighted by Crippen LogP contribution is 2.08. The first-order valence-electron chi connectivity index (χ1n) is 4.81. The molecule has 0 radical (unpaired) electrons. The quantitative estimate of drug-likeness (QED) is 0.773. The zero-order valence-electron chi connectivity index (χ0n) is 9.19. The van der Waals surface area contributed by atoms with Gasteiger partial charge in [-0.15, -0.1) is 0 Å². The van der Waals surface area contributed by atoms with Crippen molar-refractivity contribution in [2.75, 3.05) is 12.0 Å². The molecule has 2 atom stereocenters. The first-order valence-corrected chi connectivity index (χ1v) is 6.87. The predicted molar refractivity (Wildman–Crippen MR) is 59.3 cm³/mol. The summed E-state index contributed by atoms with van der Waals surface area (Å²) < 4.78 is 22.1. The molecule has 1 aromatic heterocycles. The number of rotatable bonds is 5. The molecule has 0 aliphatic carbocycles. The maximum Gasteiger partial charge on any atom is 0.148 e. The highest BCUT2D eigenvalue weighted by molar-refractivity contribution is 7.90. The Balaban J connectivity index is 2.49. The van der Waals surface area contributed by atoms with Crippen molar-refractivity contribution in [3.8, 4) is 0 Å². The summed E-state index contributed by atoms with van der Waals surface area (Å²) in [6.07, 6.45) is 2.92. The summed E-state index contributed by atoms with van der Waals surface area (Å²) in [5.74, 6) is 0.144. The van der Waals surface area contributed by atoms with Crippen LogP contribution in [-0.2, 0) is 9.84 Å². The topological polar surface area (TPSA) is 74.8 Å². The van der Waals surface area contributed by atoms with Crippen molar-refractivity contribution >= 4 is 9.84 Å². The number of nitrogens with zero attached hydrogens (tertiary/aromatic N) is 1. The first-order chi connectivity index (χ1) is 6.88. The average Bonchev–Trinajstić information content (AvgIpc) is 2.50. The molecule has 5 nitrogen and oxygen atoms in total. The van der Waals surface area contributed by atoms with Crippen LogP contribution in [-0.4, -0.2) is 36.7 Å². The van der Waals surface area contributed by atoms with E-state index >= 15 is 0 Å². The Bertz CT molecular complexity index is 385. The summed E-state index contributed by atoms with van der Waals surface area (Å²) in [4.78, 5) is 0. The average molecular weight is 231 g/mol. The second-order valence-electron chi connectivity index (χ2n) is 3.89. The van der Waals surface area contributed by atoms with Crippen LogP contribution in [0.2, 0.25) is 0 Å². The number of aromatic amines is 1. The van der Waals surface area contributed by atoms with Gasteiger partial charge in [0.2, 0.25) is 0 Å². The summed E-state index contributed by atoms with van der Waals surface area (Å²) >= 11 is 0. The Morgan fingerprint density at radius 3 is 2.67 bits per heavy atom. The van der Waals surface area contributed by atoms with Crippen molar-refractivity contribution in [2.24, 2.45) is 0 Å². The molecule has 1 heterocycles. The predicted octanol–water partition coefficient (Wildman–Crippen LogP) is 0.493.